The highest BCUT2D eigenvalue weighted by Gasteiger charge is 2.16. The number of aliphatic imine (C=N–C) groups is 1. The van der Waals surface area contributed by atoms with E-state index in [0.29, 0.717) is 12.6 Å². The minimum absolute atomic E-state index is 0.263. The molecule has 1 aromatic carbocycles. The first kappa shape index (κ1) is 13.5. The van der Waals surface area contributed by atoms with Crippen molar-refractivity contribution in [2.45, 2.75) is 31.7 Å². The second-order valence-corrected chi connectivity index (χ2v) is 4.78. The minimum Gasteiger partial charge on any atom is -0.508 e. The van der Waals surface area contributed by atoms with Gasteiger partial charge in [0.25, 0.3) is 0 Å². The van der Waals surface area contributed by atoms with Crippen LogP contribution in [-0.4, -0.2) is 23.7 Å². The van der Waals surface area contributed by atoms with Crippen LogP contribution in [0.3, 0.4) is 0 Å². The van der Waals surface area contributed by atoms with Gasteiger partial charge in [0.2, 0.25) is 0 Å². The second-order valence-electron chi connectivity index (χ2n) is 4.78. The maximum Gasteiger partial charge on any atom is 0.196 e. The van der Waals surface area contributed by atoms with Gasteiger partial charge in [-0.1, -0.05) is 18.9 Å². The predicted molar refractivity (Wildman–Crippen MR) is 79.6 cm³/mol. The zero-order valence-corrected chi connectivity index (χ0v) is 11.1. The molecule has 3 N–H and O–H groups in total. The van der Waals surface area contributed by atoms with Crippen LogP contribution >= 0.6 is 0 Å². The number of guanidine groups is 1. The summed E-state index contributed by atoms with van der Waals surface area (Å²) in [4.78, 5) is 4.44. The molecule has 0 heterocycles. The Hall–Kier alpha value is -1.97. The summed E-state index contributed by atoms with van der Waals surface area (Å²) in [5.41, 5.74) is 0.908. The fourth-order valence-corrected chi connectivity index (χ4v) is 2.22. The molecular formula is C15H21N3O. The Balaban J connectivity index is 2.00. The molecule has 0 atom stereocenters. The van der Waals surface area contributed by atoms with E-state index in [2.05, 4.69) is 22.2 Å². The lowest BCUT2D eigenvalue weighted by molar-refractivity contribution is 0.475. The van der Waals surface area contributed by atoms with Crippen LogP contribution in [0, 0.1) is 0 Å². The highest BCUT2D eigenvalue weighted by atomic mass is 16.3. The molecule has 19 heavy (non-hydrogen) atoms. The summed E-state index contributed by atoms with van der Waals surface area (Å²) in [5.74, 6) is 1.04. The van der Waals surface area contributed by atoms with Crippen molar-refractivity contribution >= 4 is 11.6 Å². The Kier molecular flexibility index (Phi) is 4.84. The van der Waals surface area contributed by atoms with Crippen molar-refractivity contribution in [3.8, 4) is 5.75 Å². The Labute approximate surface area is 114 Å². The lowest BCUT2D eigenvalue weighted by Crippen LogP contribution is -2.37. The lowest BCUT2D eigenvalue weighted by Gasteiger charge is -2.17. The number of anilines is 1. The molecule has 0 radical (unpaired) electrons. The number of aromatic hydroxyl groups is 1. The molecule has 0 aromatic heterocycles. The van der Waals surface area contributed by atoms with Crippen LogP contribution in [0.2, 0.25) is 0 Å². The summed E-state index contributed by atoms with van der Waals surface area (Å²) in [6.07, 6.45) is 6.74. The van der Waals surface area contributed by atoms with Gasteiger partial charge in [0.1, 0.15) is 5.75 Å². The fraction of sp³-hybridized carbons (Fsp3) is 0.400. The van der Waals surface area contributed by atoms with E-state index in [1.165, 1.54) is 25.7 Å². The number of phenolic OH excluding ortho intramolecular Hbond substituents is 1. The van der Waals surface area contributed by atoms with Crippen LogP contribution in [0.5, 0.6) is 5.75 Å². The Bertz CT molecular complexity index is 433. The third-order valence-electron chi connectivity index (χ3n) is 3.20. The SMILES string of the molecule is C=CCN=C(Nc1ccc(O)cc1)NC1CCCC1. The average molecular weight is 259 g/mol. The number of rotatable bonds is 4. The summed E-state index contributed by atoms with van der Waals surface area (Å²) < 4.78 is 0. The molecule has 2 rings (SSSR count). The standard InChI is InChI=1S/C15H21N3O/c1-2-11-16-15(17-12-5-3-4-6-12)18-13-7-9-14(19)10-8-13/h2,7-10,12,19H,1,3-6,11H2,(H2,16,17,18). The Morgan fingerprint density at radius 3 is 2.63 bits per heavy atom. The smallest absolute Gasteiger partial charge is 0.196 e. The molecule has 0 saturated heterocycles. The summed E-state index contributed by atoms with van der Waals surface area (Å²) in [7, 11) is 0. The largest absolute Gasteiger partial charge is 0.508 e. The first-order valence-electron chi connectivity index (χ1n) is 6.76. The molecule has 1 aromatic rings. The second kappa shape index (κ2) is 6.83. The molecule has 4 nitrogen and oxygen atoms in total. The number of nitrogens with one attached hydrogen (secondary N) is 2. The Morgan fingerprint density at radius 1 is 1.32 bits per heavy atom. The molecule has 1 fully saturated rings. The highest BCUT2D eigenvalue weighted by Crippen LogP contribution is 2.18. The van der Waals surface area contributed by atoms with Crippen molar-refractivity contribution < 1.29 is 5.11 Å². The molecule has 0 spiro atoms. The van der Waals surface area contributed by atoms with E-state index < -0.39 is 0 Å². The van der Waals surface area contributed by atoms with Gasteiger partial charge in [-0.2, -0.15) is 0 Å². The number of nitrogens with zero attached hydrogens (tertiary/aromatic N) is 1. The molecule has 1 aliphatic carbocycles. The van der Waals surface area contributed by atoms with Crippen molar-refractivity contribution in [3.63, 3.8) is 0 Å². The van der Waals surface area contributed by atoms with Gasteiger partial charge in [0, 0.05) is 11.7 Å². The first-order chi connectivity index (χ1) is 9.28. The third-order valence-corrected chi connectivity index (χ3v) is 3.20. The van der Waals surface area contributed by atoms with E-state index in [-0.39, 0.29) is 5.75 Å². The zero-order chi connectivity index (χ0) is 13.5. The monoisotopic (exact) mass is 259 g/mol. The van der Waals surface area contributed by atoms with Crippen molar-refractivity contribution in [1.82, 2.24) is 5.32 Å². The van der Waals surface area contributed by atoms with Gasteiger partial charge in [-0.3, -0.25) is 0 Å². The number of hydrogen-bond acceptors (Lipinski definition) is 2. The number of benzene rings is 1. The zero-order valence-electron chi connectivity index (χ0n) is 11.1. The summed E-state index contributed by atoms with van der Waals surface area (Å²) in [6, 6.07) is 7.48. The topological polar surface area (TPSA) is 56.7 Å². The number of phenols is 1. The molecular weight excluding hydrogens is 238 g/mol. The molecule has 1 saturated carbocycles. The van der Waals surface area contributed by atoms with Crippen molar-refractivity contribution in [3.05, 3.63) is 36.9 Å². The van der Waals surface area contributed by atoms with E-state index in [4.69, 9.17) is 0 Å². The van der Waals surface area contributed by atoms with Crippen LogP contribution in [0.25, 0.3) is 0 Å². The average Bonchev–Trinajstić information content (AvgIpc) is 2.91. The first-order valence-corrected chi connectivity index (χ1v) is 6.76. The quantitative estimate of drug-likeness (QED) is 0.337. The van der Waals surface area contributed by atoms with Crippen LogP contribution < -0.4 is 10.6 Å². The summed E-state index contributed by atoms with van der Waals surface area (Å²) in [5, 5.41) is 16.0. The molecule has 0 aliphatic heterocycles. The maximum absolute atomic E-state index is 9.28. The van der Waals surface area contributed by atoms with Gasteiger partial charge in [0.15, 0.2) is 5.96 Å². The fourth-order valence-electron chi connectivity index (χ4n) is 2.22. The molecule has 1 aliphatic rings. The summed E-state index contributed by atoms with van der Waals surface area (Å²) >= 11 is 0. The van der Waals surface area contributed by atoms with Crippen LogP contribution in [0.4, 0.5) is 5.69 Å². The minimum atomic E-state index is 0.263. The van der Waals surface area contributed by atoms with Crippen LogP contribution in [0.15, 0.2) is 41.9 Å². The van der Waals surface area contributed by atoms with E-state index in [0.717, 1.165) is 11.6 Å². The molecule has 0 unspecified atom stereocenters. The third kappa shape index (κ3) is 4.32. The van der Waals surface area contributed by atoms with E-state index in [1.54, 1.807) is 18.2 Å². The molecule has 0 bridgehead atoms. The van der Waals surface area contributed by atoms with E-state index in [1.807, 2.05) is 12.1 Å². The van der Waals surface area contributed by atoms with Gasteiger partial charge in [-0.25, -0.2) is 4.99 Å². The van der Waals surface area contributed by atoms with Gasteiger partial charge in [-0.15, -0.1) is 6.58 Å². The van der Waals surface area contributed by atoms with Crippen LogP contribution in [-0.2, 0) is 0 Å². The van der Waals surface area contributed by atoms with Crippen LogP contribution in [0.1, 0.15) is 25.7 Å². The van der Waals surface area contributed by atoms with Gasteiger partial charge in [0.05, 0.1) is 6.54 Å². The highest BCUT2D eigenvalue weighted by molar-refractivity contribution is 5.93. The summed E-state index contributed by atoms with van der Waals surface area (Å²) in [6.45, 7) is 4.27. The number of hydrogen-bond donors (Lipinski definition) is 3. The van der Waals surface area contributed by atoms with Gasteiger partial charge >= 0.3 is 0 Å². The maximum atomic E-state index is 9.28. The van der Waals surface area contributed by atoms with E-state index >= 15 is 0 Å². The van der Waals surface area contributed by atoms with Crippen molar-refractivity contribution in [2.75, 3.05) is 11.9 Å². The molecule has 102 valence electrons. The van der Waals surface area contributed by atoms with Gasteiger partial charge < -0.3 is 15.7 Å². The van der Waals surface area contributed by atoms with E-state index in [9.17, 15) is 5.11 Å². The van der Waals surface area contributed by atoms with Gasteiger partial charge in [-0.05, 0) is 37.1 Å². The van der Waals surface area contributed by atoms with Crippen molar-refractivity contribution in [1.29, 1.82) is 0 Å². The predicted octanol–water partition coefficient (Wildman–Crippen LogP) is 2.88. The molecule has 0 amide bonds. The Morgan fingerprint density at radius 2 is 2.00 bits per heavy atom. The lowest BCUT2D eigenvalue weighted by atomic mass is 10.2. The van der Waals surface area contributed by atoms with Crippen molar-refractivity contribution in [2.24, 2.45) is 4.99 Å². The normalized spacial score (nSPS) is 16.3. The molecule has 4 heteroatoms.